The molecule has 4 aromatic rings. The number of carboxylic acids is 2. The minimum atomic E-state index is -1.15. The number of nitrogens with zero attached hydrogens (tertiary/aromatic N) is 2. The van der Waals surface area contributed by atoms with E-state index in [4.69, 9.17) is 19.7 Å². The molecule has 0 aliphatic heterocycles. The molecule has 184 valence electrons. The summed E-state index contributed by atoms with van der Waals surface area (Å²) in [6, 6.07) is 20.0. The van der Waals surface area contributed by atoms with E-state index in [0.717, 1.165) is 5.56 Å². The van der Waals surface area contributed by atoms with Crippen LogP contribution in [-0.2, 0) is 22.6 Å². The molecular formula is C27H23FN2O6. The largest absolute Gasteiger partial charge is 0.496 e. The van der Waals surface area contributed by atoms with Gasteiger partial charge in [0, 0.05) is 16.7 Å². The SMILES string of the molecule is COc1ccccc1Cn1nc(-c2cc(CC(=O)O)ccc2OCC(=O)O)cc1-c1cccc(F)c1. The number of rotatable bonds is 10. The van der Waals surface area contributed by atoms with Crippen LogP contribution in [0.1, 0.15) is 11.1 Å². The molecule has 4 rings (SSSR count). The number of aliphatic carboxylic acids is 2. The van der Waals surface area contributed by atoms with Gasteiger partial charge in [-0.25, -0.2) is 9.18 Å². The van der Waals surface area contributed by atoms with Crippen molar-refractivity contribution in [2.24, 2.45) is 0 Å². The first kappa shape index (κ1) is 24.5. The lowest BCUT2D eigenvalue weighted by Gasteiger charge is -2.12. The van der Waals surface area contributed by atoms with Gasteiger partial charge in [0.05, 0.1) is 31.5 Å². The lowest BCUT2D eigenvalue weighted by molar-refractivity contribution is -0.139. The number of carboxylic acid groups (broad SMARTS) is 2. The maximum Gasteiger partial charge on any atom is 0.341 e. The molecule has 9 heteroatoms. The smallest absolute Gasteiger partial charge is 0.341 e. The van der Waals surface area contributed by atoms with Gasteiger partial charge in [-0.1, -0.05) is 36.4 Å². The van der Waals surface area contributed by atoms with E-state index >= 15 is 0 Å². The van der Waals surface area contributed by atoms with Crippen molar-refractivity contribution in [3.8, 4) is 34.0 Å². The second kappa shape index (κ2) is 10.7. The summed E-state index contributed by atoms with van der Waals surface area (Å²) < 4.78 is 26.7. The van der Waals surface area contributed by atoms with Crippen molar-refractivity contribution in [1.29, 1.82) is 0 Å². The van der Waals surface area contributed by atoms with Crippen LogP contribution in [0.25, 0.3) is 22.5 Å². The Balaban J connectivity index is 1.86. The number of carbonyl (C=O) groups is 2. The topological polar surface area (TPSA) is 111 Å². The predicted molar refractivity (Wildman–Crippen MR) is 130 cm³/mol. The zero-order valence-electron chi connectivity index (χ0n) is 19.3. The molecule has 1 aromatic heterocycles. The molecule has 0 radical (unpaired) electrons. The molecule has 0 amide bonds. The average Bonchev–Trinajstić information content (AvgIpc) is 3.26. The highest BCUT2D eigenvalue weighted by Gasteiger charge is 2.18. The van der Waals surface area contributed by atoms with Crippen molar-refractivity contribution in [1.82, 2.24) is 9.78 Å². The summed E-state index contributed by atoms with van der Waals surface area (Å²) in [6.45, 7) is -0.278. The number of ether oxygens (including phenoxy) is 2. The number of halogens is 1. The van der Waals surface area contributed by atoms with Gasteiger partial charge in [0.15, 0.2) is 6.61 Å². The molecule has 0 aliphatic rings. The Kier molecular flexibility index (Phi) is 7.29. The average molecular weight is 490 g/mol. The van der Waals surface area contributed by atoms with E-state index in [1.807, 2.05) is 24.3 Å². The highest BCUT2D eigenvalue weighted by atomic mass is 19.1. The van der Waals surface area contributed by atoms with Gasteiger partial charge in [0.1, 0.15) is 17.3 Å². The van der Waals surface area contributed by atoms with Gasteiger partial charge in [-0.05, 0) is 42.0 Å². The van der Waals surface area contributed by atoms with Gasteiger partial charge < -0.3 is 19.7 Å². The zero-order valence-corrected chi connectivity index (χ0v) is 19.3. The summed E-state index contributed by atoms with van der Waals surface area (Å²) in [6.07, 6.45) is -0.231. The van der Waals surface area contributed by atoms with Crippen LogP contribution in [0, 0.1) is 5.82 Å². The third kappa shape index (κ3) is 5.69. The molecule has 0 aliphatic carbocycles. The molecule has 0 fully saturated rings. The van der Waals surface area contributed by atoms with Crippen LogP contribution in [0.3, 0.4) is 0 Å². The van der Waals surface area contributed by atoms with E-state index in [1.54, 1.807) is 42.1 Å². The first-order valence-corrected chi connectivity index (χ1v) is 11.0. The van der Waals surface area contributed by atoms with Crippen LogP contribution in [-0.4, -0.2) is 45.6 Å². The third-order valence-corrected chi connectivity index (χ3v) is 5.44. The summed E-state index contributed by atoms with van der Waals surface area (Å²) in [5.41, 5.74) is 3.35. The Morgan fingerprint density at radius 1 is 0.944 bits per heavy atom. The molecule has 3 aromatic carbocycles. The Labute approximate surface area is 206 Å². The standard InChI is InChI=1S/C27H23FN2O6/c1-35-24-8-3-2-5-19(24)15-30-23(18-6-4-7-20(28)13-18)14-22(29-30)21-11-17(12-26(31)32)9-10-25(21)36-16-27(33)34/h2-11,13-14H,12,15-16H2,1H3,(H,31,32)(H,33,34). The van der Waals surface area contributed by atoms with Crippen LogP contribution in [0.4, 0.5) is 4.39 Å². The number of hydrogen-bond donors (Lipinski definition) is 2. The van der Waals surface area contributed by atoms with Crippen LogP contribution >= 0.6 is 0 Å². The molecule has 36 heavy (non-hydrogen) atoms. The molecule has 0 saturated heterocycles. The number of hydrogen-bond acceptors (Lipinski definition) is 5. The van der Waals surface area contributed by atoms with E-state index in [-0.39, 0.29) is 12.2 Å². The van der Waals surface area contributed by atoms with Crippen LogP contribution in [0.2, 0.25) is 0 Å². The maximum atomic E-state index is 14.1. The predicted octanol–water partition coefficient (Wildman–Crippen LogP) is 4.50. The highest BCUT2D eigenvalue weighted by Crippen LogP contribution is 2.34. The molecule has 0 bridgehead atoms. The maximum absolute atomic E-state index is 14.1. The fraction of sp³-hybridized carbons (Fsp3) is 0.148. The Morgan fingerprint density at radius 2 is 1.75 bits per heavy atom. The summed E-state index contributed by atoms with van der Waals surface area (Å²) in [4.78, 5) is 22.4. The molecular weight excluding hydrogens is 467 g/mol. The van der Waals surface area contributed by atoms with Crippen molar-refractivity contribution < 1.29 is 33.7 Å². The van der Waals surface area contributed by atoms with Gasteiger partial charge >= 0.3 is 11.9 Å². The molecule has 2 N–H and O–H groups in total. The molecule has 1 heterocycles. The number of aromatic nitrogens is 2. The van der Waals surface area contributed by atoms with Gasteiger partial charge in [0.2, 0.25) is 0 Å². The first-order chi connectivity index (χ1) is 17.3. The summed E-state index contributed by atoms with van der Waals surface area (Å²) >= 11 is 0. The molecule has 0 spiro atoms. The minimum Gasteiger partial charge on any atom is -0.496 e. The van der Waals surface area contributed by atoms with E-state index < -0.39 is 24.4 Å². The van der Waals surface area contributed by atoms with Crippen molar-refractivity contribution in [3.05, 3.63) is 89.7 Å². The van der Waals surface area contributed by atoms with E-state index in [2.05, 4.69) is 0 Å². The highest BCUT2D eigenvalue weighted by molar-refractivity contribution is 5.76. The summed E-state index contributed by atoms with van der Waals surface area (Å²) in [7, 11) is 1.57. The van der Waals surface area contributed by atoms with Gasteiger partial charge in [-0.2, -0.15) is 5.10 Å². The van der Waals surface area contributed by atoms with E-state index in [1.165, 1.54) is 18.2 Å². The number of benzene rings is 3. The minimum absolute atomic E-state index is 0.231. The normalized spacial score (nSPS) is 10.7. The first-order valence-electron chi connectivity index (χ1n) is 11.0. The molecule has 8 nitrogen and oxygen atoms in total. The van der Waals surface area contributed by atoms with Crippen molar-refractivity contribution in [2.75, 3.05) is 13.7 Å². The van der Waals surface area contributed by atoms with E-state index in [9.17, 15) is 19.1 Å². The number of methoxy groups -OCH3 is 1. The fourth-order valence-electron chi connectivity index (χ4n) is 3.87. The van der Waals surface area contributed by atoms with Crippen molar-refractivity contribution in [2.45, 2.75) is 13.0 Å². The molecule has 0 saturated carbocycles. The third-order valence-electron chi connectivity index (χ3n) is 5.44. The van der Waals surface area contributed by atoms with Crippen LogP contribution in [0.5, 0.6) is 11.5 Å². The molecule has 0 unspecified atom stereocenters. The summed E-state index contributed by atoms with van der Waals surface area (Å²) in [5, 5.41) is 23.0. The lowest BCUT2D eigenvalue weighted by Crippen LogP contribution is -2.10. The Morgan fingerprint density at radius 3 is 2.47 bits per heavy atom. The lowest BCUT2D eigenvalue weighted by atomic mass is 10.0. The molecule has 0 atom stereocenters. The van der Waals surface area contributed by atoms with Gasteiger partial charge in [-0.15, -0.1) is 0 Å². The van der Waals surface area contributed by atoms with Crippen molar-refractivity contribution in [3.63, 3.8) is 0 Å². The second-order valence-electron chi connectivity index (χ2n) is 7.98. The van der Waals surface area contributed by atoms with Crippen molar-refractivity contribution >= 4 is 11.9 Å². The second-order valence-corrected chi connectivity index (χ2v) is 7.98. The quantitative estimate of drug-likeness (QED) is 0.337. The van der Waals surface area contributed by atoms with E-state index in [0.29, 0.717) is 40.4 Å². The monoisotopic (exact) mass is 490 g/mol. The zero-order chi connectivity index (χ0) is 25.7. The Hall–Kier alpha value is -4.66. The van der Waals surface area contributed by atoms with Gasteiger partial charge in [-0.3, -0.25) is 9.48 Å². The number of para-hydroxylation sites is 1. The van der Waals surface area contributed by atoms with Gasteiger partial charge in [0.25, 0.3) is 0 Å². The van der Waals surface area contributed by atoms with Crippen LogP contribution in [0.15, 0.2) is 72.8 Å². The van der Waals surface area contributed by atoms with Crippen LogP contribution < -0.4 is 9.47 Å². The Bertz CT molecular complexity index is 1420. The fourth-order valence-corrected chi connectivity index (χ4v) is 3.87. The summed E-state index contributed by atoms with van der Waals surface area (Å²) in [5.74, 6) is -1.68.